The number of rotatable bonds is 2. The van der Waals surface area contributed by atoms with Crippen LogP contribution < -0.4 is 0 Å². The smallest absolute Gasteiger partial charge is 0.0207 e. The fourth-order valence-electron chi connectivity index (χ4n) is 2.13. The van der Waals surface area contributed by atoms with E-state index >= 15 is 0 Å². The lowest BCUT2D eigenvalue weighted by Gasteiger charge is -2.27. The zero-order valence-electron chi connectivity index (χ0n) is 11.7. The van der Waals surface area contributed by atoms with Gasteiger partial charge in [0, 0.05) is 14.4 Å². The van der Waals surface area contributed by atoms with Gasteiger partial charge in [-0.05, 0) is 48.2 Å². The zero-order chi connectivity index (χ0) is 14.2. The van der Waals surface area contributed by atoms with Gasteiger partial charge in [0.1, 0.15) is 0 Å². The Bertz CT molecular complexity index is 559. The van der Waals surface area contributed by atoms with E-state index in [0.29, 0.717) is 0 Å². The van der Waals surface area contributed by atoms with Crippen LogP contribution >= 0.6 is 31.9 Å². The molecule has 100 valence electrons. The van der Waals surface area contributed by atoms with Gasteiger partial charge in [0.15, 0.2) is 0 Å². The highest BCUT2D eigenvalue weighted by atomic mass is 79.9. The van der Waals surface area contributed by atoms with Crippen molar-refractivity contribution in [2.24, 2.45) is 0 Å². The van der Waals surface area contributed by atoms with E-state index in [1.54, 1.807) is 0 Å². The largest absolute Gasteiger partial charge is 0.0579 e. The van der Waals surface area contributed by atoms with E-state index in [-0.39, 0.29) is 5.41 Å². The van der Waals surface area contributed by atoms with Gasteiger partial charge in [0.25, 0.3) is 0 Å². The minimum atomic E-state index is -0.00750. The molecule has 2 heteroatoms. The quantitative estimate of drug-likeness (QED) is 0.584. The molecule has 2 aromatic rings. The molecule has 0 unspecified atom stereocenters. The van der Waals surface area contributed by atoms with Crippen LogP contribution in [0.1, 0.15) is 36.1 Å². The number of hydrogen-bond donors (Lipinski definition) is 0. The summed E-state index contributed by atoms with van der Waals surface area (Å²) in [4.78, 5) is 0. The van der Waals surface area contributed by atoms with E-state index in [0.717, 1.165) is 0 Å². The Balaban J connectivity index is 2.51. The van der Waals surface area contributed by atoms with Crippen LogP contribution in [0.25, 0.3) is 0 Å². The van der Waals surface area contributed by atoms with Crippen molar-refractivity contribution in [1.82, 2.24) is 0 Å². The standard InChI is InChI=1S/C17H18Br2/c1-11-5-7-13(9-15(11)18)17(3,4)14-8-6-12(2)16(19)10-14/h5-10H,1-4H3. The van der Waals surface area contributed by atoms with E-state index < -0.39 is 0 Å². The maximum absolute atomic E-state index is 3.63. The maximum Gasteiger partial charge on any atom is 0.0207 e. The Morgan fingerprint density at radius 3 is 1.42 bits per heavy atom. The summed E-state index contributed by atoms with van der Waals surface area (Å²) in [5.41, 5.74) is 5.17. The summed E-state index contributed by atoms with van der Waals surface area (Å²) in [6, 6.07) is 13.2. The maximum atomic E-state index is 3.63. The molecule has 2 rings (SSSR count). The van der Waals surface area contributed by atoms with Gasteiger partial charge in [0.2, 0.25) is 0 Å². The van der Waals surface area contributed by atoms with Crippen LogP contribution in [0.5, 0.6) is 0 Å². The average molecular weight is 382 g/mol. The molecule has 0 saturated heterocycles. The summed E-state index contributed by atoms with van der Waals surface area (Å²) in [5.74, 6) is 0. The molecule has 0 amide bonds. The molecule has 0 aliphatic rings. The molecule has 19 heavy (non-hydrogen) atoms. The summed E-state index contributed by atoms with van der Waals surface area (Å²) in [7, 11) is 0. The van der Waals surface area contributed by atoms with Gasteiger partial charge in [0.05, 0.1) is 0 Å². The van der Waals surface area contributed by atoms with Crippen molar-refractivity contribution in [2.75, 3.05) is 0 Å². The van der Waals surface area contributed by atoms with Crippen LogP contribution in [-0.4, -0.2) is 0 Å². The highest BCUT2D eigenvalue weighted by Gasteiger charge is 2.24. The predicted octanol–water partition coefficient (Wildman–Crippen LogP) is 6.15. The van der Waals surface area contributed by atoms with E-state index in [4.69, 9.17) is 0 Å². The van der Waals surface area contributed by atoms with E-state index in [1.165, 1.54) is 31.2 Å². The lowest BCUT2D eigenvalue weighted by Crippen LogP contribution is -2.19. The minimum Gasteiger partial charge on any atom is -0.0579 e. The van der Waals surface area contributed by atoms with Crippen LogP contribution in [0.4, 0.5) is 0 Å². The van der Waals surface area contributed by atoms with E-state index in [9.17, 15) is 0 Å². The van der Waals surface area contributed by atoms with Crippen molar-refractivity contribution in [3.63, 3.8) is 0 Å². The lowest BCUT2D eigenvalue weighted by atomic mass is 9.78. The second kappa shape index (κ2) is 5.41. The molecule has 0 spiro atoms. The van der Waals surface area contributed by atoms with Crippen molar-refractivity contribution < 1.29 is 0 Å². The van der Waals surface area contributed by atoms with Crippen LogP contribution in [-0.2, 0) is 5.41 Å². The summed E-state index contributed by atoms with van der Waals surface area (Å²) < 4.78 is 2.34. The molecule has 0 N–H and O–H groups in total. The molecule has 0 heterocycles. The SMILES string of the molecule is Cc1ccc(C(C)(C)c2ccc(C)c(Br)c2)cc1Br. The molecule has 0 radical (unpaired) electrons. The van der Waals surface area contributed by atoms with Gasteiger partial charge >= 0.3 is 0 Å². The van der Waals surface area contributed by atoms with Gasteiger partial charge in [-0.2, -0.15) is 0 Å². The number of hydrogen-bond acceptors (Lipinski definition) is 0. The monoisotopic (exact) mass is 380 g/mol. The van der Waals surface area contributed by atoms with E-state index in [1.807, 2.05) is 0 Å². The van der Waals surface area contributed by atoms with Crippen LogP contribution in [0.15, 0.2) is 45.3 Å². The van der Waals surface area contributed by atoms with Crippen molar-refractivity contribution in [1.29, 1.82) is 0 Å². The Labute approximate surface area is 132 Å². The average Bonchev–Trinajstić information content (AvgIpc) is 2.35. The molecule has 0 atom stereocenters. The minimum absolute atomic E-state index is 0.00750. The molecule has 2 aromatic carbocycles. The first-order valence-corrected chi connectivity index (χ1v) is 7.94. The Morgan fingerprint density at radius 2 is 1.11 bits per heavy atom. The third-order valence-electron chi connectivity index (χ3n) is 3.79. The fraction of sp³-hybridized carbons (Fsp3) is 0.294. The third-order valence-corrected chi connectivity index (χ3v) is 5.50. The van der Waals surface area contributed by atoms with Crippen LogP contribution in [0, 0.1) is 13.8 Å². The summed E-state index contributed by atoms with van der Waals surface area (Å²) >= 11 is 7.26. The zero-order valence-corrected chi connectivity index (χ0v) is 14.9. The molecule has 0 nitrogen and oxygen atoms in total. The van der Waals surface area contributed by atoms with Gasteiger partial charge in [-0.15, -0.1) is 0 Å². The number of halogens is 2. The van der Waals surface area contributed by atoms with Crippen molar-refractivity contribution in [2.45, 2.75) is 33.1 Å². The van der Waals surface area contributed by atoms with Gasteiger partial charge in [-0.1, -0.05) is 70.0 Å². The van der Waals surface area contributed by atoms with Crippen molar-refractivity contribution in [3.05, 3.63) is 67.6 Å². The number of benzene rings is 2. The topological polar surface area (TPSA) is 0 Å². The molecule has 0 bridgehead atoms. The molecule has 0 saturated carbocycles. The first kappa shape index (κ1) is 14.8. The first-order valence-electron chi connectivity index (χ1n) is 6.35. The molecule has 0 aromatic heterocycles. The molecule has 0 fully saturated rings. The number of aryl methyl sites for hydroxylation is 2. The van der Waals surface area contributed by atoms with Gasteiger partial charge in [-0.25, -0.2) is 0 Å². The first-order chi connectivity index (χ1) is 8.82. The fourth-order valence-corrected chi connectivity index (χ4v) is 2.89. The third kappa shape index (κ3) is 2.95. The second-order valence-corrected chi connectivity index (χ2v) is 7.26. The van der Waals surface area contributed by atoms with Crippen molar-refractivity contribution in [3.8, 4) is 0 Å². The predicted molar refractivity (Wildman–Crippen MR) is 89.9 cm³/mol. The molecular formula is C17H18Br2. The van der Waals surface area contributed by atoms with Crippen molar-refractivity contribution >= 4 is 31.9 Å². The summed E-state index contributed by atoms with van der Waals surface area (Å²) in [6.07, 6.45) is 0. The van der Waals surface area contributed by atoms with E-state index in [2.05, 4.69) is 96.0 Å². The lowest BCUT2D eigenvalue weighted by molar-refractivity contribution is 0.639. The molecular weight excluding hydrogens is 364 g/mol. The summed E-state index contributed by atoms with van der Waals surface area (Å²) in [6.45, 7) is 8.76. The van der Waals surface area contributed by atoms with Gasteiger partial charge < -0.3 is 0 Å². The normalized spacial score (nSPS) is 11.7. The molecule has 0 aliphatic carbocycles. The Morgan fingerprint density at radius 1 is 0.737 bits per heavy atom. The molecule has 0 aliphatic heterocycles. The van der Waals surface area contributed by atoms with Gasteiger partial charge in [-0.3, -0.25) is 0 Å². The Kier molecular flexibility index (Phi) is 4.22. The highest BCUT2D eigenvalue weighted by Crippen LogP contribution is 2.35. The Hall–Kier alpha value is -0.600. The second-order valence-electron chi connectivity index (χ2n) is 5.55. The summed E-state index contributed by atoms with van der Waals surface area (Å²) in [5, 5.41) is 0. The van der Waals surface area contributed by atoms with Crippen LogP contribution in [0.2, 0.25) is 0 Å². The highest BCUT2D eigenvalue weighted by molar-refractivity contribution is 9.10. The van der Waals surface area contributed by atoms with Crippen LogP contribution in [0.3, 0.4) is 0 Å².